The summed E-state index contributed by atoms with van der Waals surface area (Å²) < 4.78 is 10.9. The molecule has 1 heterocycles. The van der Waals surface area contributed by atoms with Gasteiger partial charge in [-0.15, -0.1) is 0 Å². The van der Waals surface area contributed by atoms with Gasteiger partial charge >= 0.3 is 5.97 Å². The summed E-state index contributed by atoms with van der Waals surface area (Å²) in [5.74, 6) is -0.699. The number of amides is 2. The fraction of sp³-hybridized carbons (Fsp3) is 0.241. The van der Waals surface area contributed by atoms with Crippen LogP contribution in [0.15, 0.2) is 72.8 Å². The van der Waals surface area contributed by atoms with E-state index in [-0.39, 0.29) is 36.7 Å². The number of methoxy groups -OCH3 is 1. The second-order valence-corrected chi connectivity index (χ2v) is 9.13. The number of nitrogens with one attached hydrogen (secondary N) is 2. The summed E-state index contributed by atoms with van der Waals surface area (Å²) in [4.78, 5) is 38.4. The number of benzene rings is 3. The number of nitrogens with zero attached hydrogens (tertiary/aromatic N) is 1. The van der Waals surface area contributed by atoms with Gasteiger partial charge in [-0.2, -0.15) is 0 Å². The van der Waals surface area contributed by atoms with Crippen molar-refractivity contribution < 1.29 is 23.9 Å². The van der Waals surface area contributed by atoms with Crippen molar-refractivity contribution in [3.63, 3.8) is 0 Å². The van der Waals surface area contributed by atoms with E-state index in [1.807, 2.05) is 36.4 Å². The lowest BCUT2D eigenvalue weighted by molar-refractivity contribution is -0.143. The molecule has 1 aliphatic heterocycles. The Labute approximate surface area is 221 Å². The molecule has 0 spiro atoms. The van der Waals surface area contributed by atoms with Crippen molar-refractivity contribution >= 4 is 35.0 Å². The Bertz CT molecular complexity index is 1340. The molecule has 0 saturated carbocycles. The van der Waals surface area contributed by atoms with E-state index in [0.717, 1.165) is 11.1 Å². The fourth-order valence-electron chi connectivity index (χ4n) is 4.56. The molecule has 3 aromatic rings. The lowest BCUT2D eigenvalue weighted by Gasteiger charge is -2.25. The number of nitrogen functional groups attached to an aromatic ring is 1. The molecule has 4 N–H and O–H groups in total. The zero-order valence-electron chi connectivity index (χ0n) is 21.3. The second kappa shape index (κ2) is 11.6. The van der Waals surface area contributed by atoms with E-state index in [1.165, 1.54) is 14.0 Å². The van der Waals surface area contributed by atoms with Crippen LogP contribution in [0.4, 0.5) is 11.4 Å². The molecule has 3 aromatic carbocycles. The lowest BCUT2D eigenvalue weighted by atomic mass is 10.0. The maximum absolute atomic E-state index is 13.3. The maximum atomic E-state index is 13.3. The summed E-state index contributed by atoms with van der Waals surface area (Å²) in [6, 6.07) is 21.7. The van der Waals surface area contributed by atoms with Gasteiger partial charge in [0.2, 0.25) is 11.8 Å². The van der Waals surface area contributed by atoms with E-state index >= 15 is 0 Å². The molecular weight excluding hydrogens is 484 g/mol. The third-order valence-electron chi connectivity index (χ3n) is 6.42. The number of nitrogens with two attached hydrogens (primary N) is 1. The summed E-state index contributed by atoms with van der Waals surface area (Å²) in [5.41, 5.74) is 9.36. The third kappa shape index (κ3) is 6.18. The van der Waals surface area contributed by atoms with Crippen LogP contribution in [0.25, 0.3) is 11.1 Å². The number of rotatable bonds is 9. The summed E-state index contributed by atoms with van der Waals surface area (Å²) in [6.45, 7) is 1.64. The molecule has 1 saturated heterocycles. The van der Waals surface area contributed by atoms with Gasteiger partial charge in [-0.1, -0.05) is 42.5 Å². The number of hydrogen-bond donors (Lipinski definition) is 3. The van der Waals surface area contributed by atoms with Crippen molar-refractivity contribution in [3.05, 3.63) is 78.4 Å². The van der Waals surface area contributed by atoms with Crippen molar-refractivity contribution in [2.24, 2.45) is 11.7 Å². The summed E-state index contributed by atoms with van der Waals surface area (Å²) in [5, 5.41) is 10.3. The van der Waals surface area contributed by atoms with E-state index in [4.69, 9.17) is 20.6 Å². The molecule has 0 aromatic heterocycles. The molecule has 38 heavy (non-hydrogen) atoms. The predicted octanol–water partition coefficient (Wildman–Crippen LogP) is 3.96. The lowest BCUT2D eigenvalue weighted by Crippen LogP contribution is -2.37. The minimum Gasteiger partial charge on any atom is -0.491 e. The predicted molar refractivity (Wildman–Crippen MR) is 145 cm³/mol. The highest BCUT2D eigenvalue weighted by molar-refractivity contribution is 6.00. The molecule has 0 unspecified atom stereocenters. The van der Waals surface area contributed by atoms with Gasteiger partial charge in [-0.25, -0.2) is 0 Å². The first-order valence-electron chi connectivity index (χ1n) is 12.2. The van der Waals surface area contributed by atoms with Crippen LogP contribution in [0, 0.1) is 11.3 Å². The van der Waals surface area contributed by atoms with Crippen molar-refractivity contribution in [1.82, 2.24) is 0 Å². The third-order valence-corrected chi connectivity index (χ3v) is 6.42. The Morgan fingerprint density at radius 2 is 1.71 bits per heavy atom. The van der Waals surface area contributed by atoms with E-state index in [1.54, 1.807) is 41.3 Å². The average molecular weight is 515 g/mol. The van der Waals surface area contributed by atoms with Crippen LogP contribution in [0.5, 0.6) is 5.75 Å². The highest BCUT2D eigenvalue weighted by Gasteiger charge is 2.42. The normalized spacial score (nSPS) is 16.7. The Morgan fingerprint density at radius 1 is 1.05 bits per heavy atom. The highest BCUT2D eigenvalue weighted by Crippen LogP contribution is 2.34. The number of ether oxygens (including phenoxy) is 2. The molecule has 196 valence electrons. The fourth-order valence-corrected chi connectivity index (χ4v) is 4.56. The number of hydrogen-bond acceptors (Lipinski definition) is 6. The van der Waals surface area contributed by atoms with Crippen molar-refractivity contribution in [3.8, 4) is 16.9 Å². The Morgan fingerprint density at radius 3 is 2.32 bits per heavy atom. The summed E-state index contributed by atoms with van der Waals surface area (Å²) in [6.07, 6.45) is 0.420. The van der Waals surface area contributed by atoms with Crippen LogP contribution in [0.2, 0.25) is 0 Å². The van der Waals surface area contributed by atoms with E-state index in [9.17, 15) is 14.4 Å². The number of carbonyl (C=O) groups is 3. The number of anilines is 2. The van der Waals surface area contributed by atoms with Crippen molar-refractivity contribution in [2.75, 3.05) is 23.9 Å². The Hall–Kier alpha value is -4.66. The second-order valence-electron chi connectivity index (χ2n) is 9.13. The van der Waals surface area contributed by atoms with Crippen LogP contribution in [-0.2, 0) is 19.1 Å². The summed E-state index contributed by atoms with van der Waals surface area (Å²) in [7, 11) is 1.30. The topological polar surface area (TPSA) is 135 Å². The molecule has 2 amide bonds. The number of carbonyl (C=O) groups excluding carboxylic acids is 3. The van der Waals surface area contributed by atoms with Gasteiger partial charge in [0, 0.05) is 23.9 Å². The average Bonchev–Trinajstić information content (AvgIpc) is 3.22. The van der Waals surface area contributed by atoms with Gasteiger partial charge in [0.25, 0.3) is 0 Å². The van der Waals surface area contributed by atoms with Crippen LogP contribution < -0.4 is 20.7 Å². The molecule has 1 fully saturated rings. The molecule has 4 rings (SSSR count). The quantitative estimate of drug-likeness (QED) is 0.225. The first kappa shape index (κ1) is 26.4. The van der Waals surface area contributed by atoms with E-state index < -0.39 is 11.9 Å². The molecule has 2 atom stereocenters. The van der Waals surface area contributed by atoms with E-state index in [2.05, 4.69) is 5.32 Å². The zero-order valence-corrected chi connectivity index (χ0v) is 21.3. The Kier molecular flexibility index (Phi) is 8.06. The van der Waals surface area contributed by atoms with Gasteiger partial charge in [0.1, 0.15) is 18.2 Å². The van der Waals surface area contributed by atoms with Gasteiger partial charge < -0.3 is 25.4 Å². The number of esters is 1. The van der Waals surface area contributed by atoms with Gasteiger partial charge in [-0.3, -0.25) is 19.8 Å². The largest absolute Gasteiger partial charge is 0.491 e. The Balaban J connectivity index is 1.50. The SMILES string of the molecule is COC(=O)C[C@@H]1C[C@@H](COc2ccc(-c3ccc(C(=N)N)cc3)cc2)N(c2cccc(NC(C)=O)c2)C1=O. The highest BCUT2D eigenvalue weighted by atomic mass is 16.5. The standard InChI is InChI=1S/C29H30N4O5/c1-18(34)32-23-4-3-5-24(16-23)33-25(14-22(29(33)36)15-27(35)37-2)17-38-26-12-10-20(11-13-26)19-6-8-21(9-7-19)28(30)31/h3-13,16,22,25H,14-15,17H2,1-2H3,(H3,30,31)(H,32,34)/t22-,25-/m0/s1. The van der Waals surface area contributed by atoms with Crippen LogP contribution in [-0.4, -0.2) is 43.4 Å². The first-order chi connectivity index (χ1) is 18.2. The molecule has 0 aliphatic carbocycles. The molecular formula is C29H30N4O5. The van der Waals surface area contributed by atoms with E-state index in [0.29, 0.717) is 29.1 Å². The zero-order chi connectivity index (χ0) is 27.2. The minimum absolute atomic E-state index is 0.00909. The molecule has 9 nitrogen and oxygen atoms in total. The van der Waals surface area contributed by atoms with Crippen LogP contribution in [0.3, 0.4) is 0 Å². The maximum Gasteiger partial charge on any atom is 0.306 e. The first-order valence-corrected chi connectivity index (χ1v) is 12.2. The van der Waals surface area contributed by atoms with Gasteiger partial charge in [-0.05, 0) is 47.9 Å². The van der Waals surface area contributed by atoms with Crippen molar-refractivity contribution in [2.45, 2.75) is 25.8 Å². The summed E-state index contributed by atoms with van der Waals surface area (Å²) >= 11 is 0. The molecule has 1 aliphatic rings. The molecule has 0 radical (unpaired) electrons. The van der Waals surface area contributed by atoms with Gasteiger partial charge in [0.05, 0.1) is 25.5 Å². The van der Waals surface area contributed by atoms with Crippen molar-refractivity contribution in [1.29, 1.82) is 5.41 Å². The van der Waals surface area contributed by atoms with Gasteiger partial charge in [0.15, 0.2) is 0 Å². The number of amidine groups is 1. The molecule has 0 bridgehead atoms. The smallest absolute Gasteiger partial charge is 0.306 e. The van der Waals surface area contributed by atoms with Crippen LogP contribution >= 0.6 is 0 Å². The minimum atomic E-state index is -0.527. The van der Waals surface area contributed by atoms with Crippen LogP contribution in [0.1, 0.15) is 25.3 Å². The molecule has 9 heteroatoms. The monoisotopic (exact) mass is 514 g/mol.